The predicted molar refractivity (Wildman–Crippen MR) is 256 cm³/mol. The van der Waals surface area contributed by atoms with E-state index >= 15 is 0 Å². The highest BCUT2D eigenvalue weighted by atomic mass is 15.0. The topological polar surface area (TPSA) is 48.5 Å². The first-order valence-electron chi connectivity index (χ1n) is 24.3. The highest BCUT2D eigenvalue weighted by molar-refractivity contribution is 6.12. The fourth-order valence-electron chi connectivity index (χ4n) is 8.51. The predicted octanol–water partition coefficient (Wildman–Crippen LogP) is 14.4. The van der Waals surface area contributed by atoms with Crippen LogP contribution in [0.2, 0.25) is 0 Å². The van der Waals surface area contributed by atoms with E-state index in [0.717, 1.165) is 66.4 Å². The fraction of sp³-hybridized carbons (Fsp3) is 0. The number of hydrogen-bond acceptors (Lipinski definition) is 3. The van der Waals surface area contributed by atoms with Gasteiger partial charge in [0.05, 0.1) is 33.0 Å². The lowest BCUT2D eigenvalue weighted by molar-refractivity contribution is 1.07. The van der Waals surface area contributed by atoms with Gasteiger partial charge in [0.2, 0.25) is 0 Å². The van der Waals surface area contributed by atoms with Gasteiger partial charge in [-0.25, -0.2) is 15.0 Å². The zero-order valence-electron chi connectivity index (χ0n) is 41.0. The molecule has 5 heteroatoms. The Kier molecular flexibility index (Phi) is 6.67. The van der Waals surface area contributed by atoms with Crippen LogP contribution in [0.3, 0.4) is 0 Å². The van der Waals surface area contributed by atoms with Crippen molar-refractivity contribution in [3.8, 4) is 67.8 Å². The number of nitrogens with zero attached hydrogens (tertiary/aromatic N) is 5. The summed E-state index contributed by atoms with van der Waals surface area (Å²) in [6, 6.07) is 55.0. The van der Waals surface area contributed by atoms with Gasteiger partial charge < -0.3 is 9.13 Å². The first kappa shape index (κ1) is 28.1. The maximum atomic E-state index is 9.17. The molecule has 3 aromatic heterocycles. The number of para-hydroxylation sites is 3. The summed E-state index contributed by atoms with van der Waals surface area (Å²) in [5.74, 6) is 1.49. The quantitative estimate of drug-likeness (QED) is 0.161. The largest absolute Gasteiger partial charge is 0.309 e. The van der Waals surface area contributed by atoms with Gasteiger partial charge in [0, 0.05) is 49.6 Å². The van der Waals surface area contributed by atoms with Crippen LogP contribution in [0.5, 0.6) is 0 Å². The number of benzene rings is 9. The third kappa shape index (κ3) is 6.06. The van der Waals surface area contributed by atoms with Crippen LogP contribution in [0.1, 0.15) is 11.0 Å². The van der Waals surface area contributed by atoms with Crippen molar-refractivity contribution in [1.82, 2.24) is 24.1 Å². The van der Waals surface area contributed by atoms with E-state index in [1.54, 1.807) is 4.57 Å². The lowest BCUT2D eigenvalue weighted by atomic mass is 10.0. The standard InChI is InChI=1S/C57H37N5/c1-4-16-38(17-5-1)40-28-30-42(31-29-40)56-58-55(41-20-8-3-9-21-41)59-57(60-56)44-34-43(39-18-6-2-7-19-39)35-46(36-44)62-53-27-15-12-24-49(53)50-33-32-45(37-54(50)62)61-51-25-13-10-22-47(51)48-23-11-14-26-52(48)61/h1-37H/i10D,11D,13D,14D,22D,23D,25D,26D. The summed E-state index contributed by atoms with van der Waals surface area (Å²) < 4.78 is 74.6. The van der Waals surface area contributed by atoms with Crippen molar-refractivity contribution in [1.29, 1.82) is 0 Å². The summed E-state index contributed by atoms with van der Waals surface area (Å²) in [5, 5.41) is 1.89. The molecule has 0 fully saturated rings. The summed E-state index contributed by atoms with van der Waals surface area (Å²) >= 11 is 0. The zero-order valence-corrected chi connectivity index (χ0v) is 33.0. The minimum Gasteiger partial charge on any atom is -0.309 e. The van der Waals surface area contributed by atoms with E-state index in [9.17, 15) is 2.74 Å². The van der Waals surface area contributed by atoms with E-state index in [1.807, 2.05) is 115 Å². The van der Waals surface area contributed by atoms with Crippen molar-refractivity contribution in [2.75, 3.05) is 0 Å². The van der Waals surface area contributed by atoms with Crippen LogP contribution in [0.4, 0.5) is 0 Å². The first-order chi connectivity index (χ1) is 34.0. The molecule has 12 rings (SSSR count). The Morgan fingerprint density at radius 1 is 0.290 bits per heavy atom. The maximum absolute atomic E-state index is 9.17. The lowest BCUT2D eigenvalue weighted by Gasteiger charge is -2.15. The molecule has 0 radical (unpaired) electrons. The Morgan fingerprint density at radius 2 is 0.742 bits per heavy atom. The van der Waals surface area contributed by atoms with Crippen LogP contribution >= 0.6 is 0 Å². The molecule has 0 atom stereocenters. The van der Waals surface area contributed by atoms with E-state index in [0.29, 0.717) is 23.2 Å². The van der Waals surface area contributed by atoms with Crippen molar-refractivity contribution >= 4 is 43.6 Å². The summed E-state index contributed by atoms with van der Waals surface area (Å²) in [7, 11) is 0. The molecule has 0 saturated heterocycles. The Balaban J connectivity index is 1.12. The normalized spacial score (nSPS) is 13.4. The zero-order chi connectivity index (χ0) is 47.9. The van der Waals surface area contributed by atoms with Gasteiger partial charge in [-0.3, -0.25) is 0 Å². The molecule has 0 aliphatic carbocycles. The second-order valence-corrected chi connectivity index (χ2v) is 15.1. The van der Waals surface area contributed by atoms with Crippen LogP contribution in [0.25, 0.3) is 111 Å². The number of fused-ring (bicyclic) bond motifs is 6. The SMILES string of the molecule is [2H]c1c([2H])c([2H])c2c(c1[2H])c1c([2H])c([2H])c([2H])c([2H])c1n2-c1ccc2c3ccccc3n(-c3cc(-c4ccccc4)cc(-c4nc(-c5ccccc5)nc(-c5ccc(-c6ccccc6)cc5)n4)c3)c2c1. The van der Waals surface area contributed by atoms with Gasteiger partial charge in [0.15, 0.2) is 17.5 Å². The molecule has 0 aliphatic rings. The molecule has 0 amide bonds. The molecule has 62 heavy (non-hydrogen) atoms. The van der Waals surface area contributed by atoms with Crippen molar-refractivity contribution in [2.24, 2.45) is 0 Å². The Bertz CT molecular complexity index is 4000. The molecule has 3 heterocycles. The third-order valence-electron chi connectivity index (χ3n) is 11.4. The van der Waals surface area contributed by atoms with Gasteiger partial charge in [-0.2, -0.15) is 0 Å². The molecule has 0 aliphatic heterocycles. The second-order valence-electron chi connectivity index (χ2n) is 15.1. The van der Waals surface area contributed by atoms with Crippen molar-refractivity contribution in [3.05, 3.63) is 224 Å². The molecule has 0 N–H and O–H groups in total. The van der Waals surface area contributed by atoms with Crippen LogP contribution in [-0.2, 0) is 0 Å². The van der Waals surface area contributed by atoms with Gasteiger partial charge in [-0.15, -0.1) is 0 Å². The highest BCUT2D eigenvalue weighted by Crippen LogP contribution is 2.39. The number of aromatic nitrogens is 5. The smallest absolute Gasteiger partial charge is 0.164 e. The molecular weight excluding hydrogens is 755 g/mol. The van der Waals surface area contributed by atoms with Gasteiger partial charge >= 0.3 is 0 Å². The summed E-state index contributed by atoms with van der Waals surface area (Å²) in [4.78, 5) is 15.4. The average Bonchev–Trinajstić information content (AvgIpc) is 3.95. The molecule has 290 valence electrons. The Labute approximate surface area is 369 Å². The van der Waals surface area contributed by atoms with Crippen LogP contribution < -0.4 is 0 Å². The van der Waals surface area contributed by atoms with E-state index in [-0.39, 0.29) is 46.0 Å². The molecule has 9 aromatic carbocycles. The molecule has 5 nitrogen and oxygen atoms in total. The van der Waals surface area contributed by atoms with Gasteiger partial charge in [-0.05, 0) is 70.7 Å². The molecule has 0 saturated carbocycles. The van der Waals surface area contributed by atoms with E-state index in [2.05, 4.69) is 65.2 Å². The fourth-order valence-corrected chi connectivity index (χ4v) is 8.51. The first-order valence-corrected chi connectivity index (χ1v) is 20.3. The van der Waals surface area contributed by atoms with Crippen molar-refractivity contribution in [3.63, 3.8) is 0 Å². The third-order valence-corrected chi connectivity index (χ3v) is 11.4. The Morgan fingerprint density at radius 3 is 1.39 bits per heavy atom. The number of hydrogen-bond donors (Lipinski definition) is 0. The van der Waals surface area contributed by atoms with Crippen LogP contribution in [0, 0.1) is 0 Å². The lowest BCUT2D eigenvalue weighted by Crippen LogP contribution is -2.02. The van der Waals surface area contributed by atoms with E-state index in [4.69, 9.17) is 23.2 Å². The molecule has 0 unspecified atom stereocenters. The van der Waals surface area contributed by atoms with Gasteiger partial charge in [0.1, 0.15) is 0 Å². The van der Waals surface area contributed by atoms with Gasteiger partial charge in [-0.1, -0.05) is 176 Å². The molecule has 12 aromatic rings. The molecule has 0 spiro atoms. The number of rotatable bonds is 7. The van der Waals surface area contributed by atoms with Crippen molar-refractivity contribution < 1.29 is 11.0 Å². The minimum atomic E-state index is -0.490. The van der Waals surface area contributed by atoms with Crippen LogP contribution in [-0.4, -0.2) is 24.1 Å². The highest BCUT2D eigenvalue weighted by Gasteiger charge is 2.19. The summed E-state index contributed by atoms with van der Waals surface area (Å²) in [6.07, 6.45) is 0. The monoisotopic (exact) mass is 799 g/mol. The van der Waals surface area contributed by atoms with E-state index in [1.165, 1.54) is 0 Å². The van der Waals surface area contributed by atoms with Gasteiger partial charge in [0.25, 0.3) is 0 Å². The maximum Gasteiger partial charge on any atom is 0.164 e. The van der Waals surface area contributed by atoms with Crippen molar-refractivity contribution in [2.45, 2.75) is 0 Å². The molecular formula is C57H37N5. The summed E-state index contributed by atoms with van der Waals surface area (Å²) in [6.45, 7) is 0. The minimum absolute atomic E-state index is 0.0209. The summed E-state index contributed by atoms with van der Waals surface area (Å²) in [5.41, 5.74) is 9.40. The Hall–Kier alpha value is -8.41. The second kappa shape index (κ2) is 14.7. The molecule has 0 bridgehead atoms. The average molecular weight is 800 g/mol. The van der Waals surface area contributed by atoms with E-state index < -0.39 is 24.2 Å². The van der Waals surface area contributed by atoms with Crippen LogP contribution in [0.15, 0.2) is 224 Å².